The third-order valence-corrected chi connectivity index (χ3v) is 2.12. The molecule has 0 aliphatic rings. The van der Waals surface area contributed by atoms with Crippen LogP contribution in [0.1, 0.15) is 6.42 Å². The van der Waals surface area contributed by atoms with Crippen molar-refractivity contribution >= 4 is 5.91 Å². The molecule has 17 heavy (non-hydrogen) atoms. The predicted octanol–water partition coefficient (Wildman–Crippen LogP) is -1.38. The molecule has 4 N–H and O–H groups in total. The Bertz CT molecular complexity index is 298. The Labute approximate surface area is 95.1 Å². The second-order valence-corrected chi connectivity index (χ2v) is 3.29. The number of carbonyl (C=O) groups is 1. The topological polar surface area (TPSA) is 172 Å². The molecule has 0 saturated carbocycles. The van der Waals surface area contributed by atoms with Crippen LogP contribution in [0.2, 0.25) is 0 Å². The molecule has 0 radical (unpaired) electrons. The molecule has 0 aliphatic heterocycles. The van der Waals surface area contributed by atoms with Gasteiger partial charge in [-0.2, -0.15) is 9.81 Å². The fraction of sp³-hybridized carbons (Fsp3) is 0.857. The predicted molar refractivity (Wildman–Crippen MR) is 55.7 cm³/mol. The van der Waals surface area contributed by atoms with Crippen LogP contribution < -0.4 is 5.73 Å². The van der Waals surface area contributed by atoms with Gasteiger partial charge in [0.15, 0.2) is 12.1 Å². The molecule has 0 aliphatic carbocycles. The third-order valence-electron chi connectivity index (χ3n) is 2.12. The fourth-order valence-electron chi connectivity index (χ4n) is 1.19. The second kappa shape index (κ2) is 7.46. The minimum atomic E-state index is -1.83. The molecule has 2 unspecified atom stereocenters. The number of primary amides is 1. The van der Waals surface area contributed by atoms with E-state index in [1.165, 1.54) is 0 Å². The zero-order valence-electron chi connectivity index (χ0n) is 8.67. The first-order chi connectivity index (χ1) is 8.01. The second-order valence-electron chi connectivity index (χ2n) is 3.29. The van der Waals surface area contributed by atoms with Crippen molar-refractivity contribution in [3.63, 3.8) is 0 Å². The Morgan fingerprint density at radius 2 is 1.76 bits per heavy atom. The number of carbonyl (C=O) groups excluding carboxylic acids is 1. The Balaban J connectivity index is 4.74. The number of amides is 1. The first-order valence-corrected chi connectivity index (χ1v) is 4.57. The highest BCUT2D eigenvalue weighted by Gasteiger charge is 2.36. The molecule has 0 aromatic carbocycles. The van der Waals surface area contributed by atoms with Crippen LogP contribution in [-0.2, 0) is 4.79 Å². The van der Waals surface area contributed by atoms with Crippen molar-refractivity contribution in [2.45, 2.75) is 30.7 Å². The van der Waals surface area contributed by atoms with E-state index < -0.39 is 43.2 Å². The van der Waals surface area contributed by atoms with Crippen molar-refractivity contribution in [2.75, 3.05) is 6.61 Å². The number of hydrogen-bond acceptors (Lipinski definition) is 9. The first-order valence-electron chi connectivity index (χ1n) is 4.57. The number of nitroso groups, excluding NO2 is 3. The molecule has 96 valence electrons. The van der Waals surface area contributed by atoms with Crippen LogP contribution in [0, 0.1) is 14.7 Å². The van der Waals surface area contributed by atoms with E-state index in [1.54, 1.807) is 0 Å². The summed E-state index contributed by atoms with van der Waals surface area (Å²) in [6.45, 7) is -0.651. The van der Waals surface area contributed by atoms with Gasteiger partial charge in [-0.05, 0) is 0 Å². The molecule has 1 amide bonds. The molecule has 0 aromatic heterocycles. The molecule has 10 heteroatoms. The molecule has 10 nitrogen and oxygen atoms in total. The van der Waals surface area contributed by atoms with Gasteiger partial charge in [0.25, 0.3) is 0 Å². The molecule has 0 fully saturated rings. The SMILES string of the molecule is NC(=O)[C@H](N=O)C(N=O)C(O)C[C@H](CO)N=O. The Hall–Kier alpha value is -1.81. The van der Waals surface area contributed by atoms with Crippen LogP contribution in [0.5, 0.6) is 0 Å². The lowest BCUT2D eigenvalue weighted by molar-refractivity contribution is -0.120. The number of nitrogens with two attached hydrogens (primary N) is 1. The van der Waals surface area contributed by atoms with Crippen LogP contribution in [0.3, 0.4) is 0 Å². The molecule has 0 rings (SSSR count). The van der Waals surface area contributed by atoms with Crippen molar-refractivity contribution < 1.29 is 15.0 Å². The smallest absolute Gasteiger partial charge is 0.248 e. The maximum absolute atomic E-state index is 10.7. The summed E-state index contributed by atoms with van der Waals surface area (Å²) in [7, 11) is 0. The molecule has 0 spiro atoms. The van der Waals surface area contributed by atoms with E-state index in [-0.39, 0.29) is 0 Å². The first kappa shape index (κ1) is 15.2. The summed E-state index contributed by atoms with van der Waals surface area (Å²) >= 11 is 0. The van der Waals surface area contributed by atoms with E-state index in [1.807, 2.05) is 0 Å². The maximum atomic E-state index is 10.7. The Morgan fingerprint density at radius 1 is 1.18 bits per heavy atom. The van der Waals surface area contributed by atoms with Gasteiger partial charge in [0, 0.05) is 6.42 Å². The summed E-state index contributed by atoms with van der Waals surface area (Å²) in [5, 5.41) is 25.3. The minimum Gasteiger partial charge on any atom is -0.394 e. The van der Waals surface area contributed by atoms with Gasteiger partial charge in [0.1, 0.15) is 6.04 Å². The lowest BCUT2D eigenvalue weighted by Crippen LogP contribution is -2.44. The lowest BCUT2D eigenvalue weighted by atomic mass is 9.98. The lowest BCUT2D eigenvalue weighted by Gasteiger charge is -2.19. The minimum absolute atomic E-state index is 0.435. The number of aliphatic hydroxyl groups excluding tert-OH is 2. The number of aliphatic hydroxyl groups is 2. The van der Waals surface area contributed by atoms with Crippen molar-refractivity contribution in [1.82, 2.24) is 0 Å². The van der Waals surface area contributed by atoms with Gasteiger partial charge in [-0.15, -0.1) is 4.91 Å². The van der Waals surface area contributed by atoms with E-state index in [0.717, 1.165) is 0 Å². The Kier molecular flexibility index (Phi) is 6.67. The fourth-order valence-corrected chi connectivity index (χ4v) is 1.19. The number of rotatable bonds is 9. The van der Waals surface area contributed by atoms with E-state index in [9.17, 15) is 24.6 Å². The van der Waals surface area contributed by atoms with Crippen LogP contribution in [0.25, 0.3) is 0 Å². The van der Waals surface area contributed by atoms with Crippen LogP contribution >= 0.6 is 0 Å². The Morgan fingerprint density at radius 3 is 2.06 bits per heavy atom. The van der Waals surface area contributed by atoms with Gasteiger partial charge < -0.3 is 15.9 Å². The third kappa shape index (κ3) is 4.28. The monoisotopic (exact) mass is 248 g/mol. The average molecular weight is 248 g/mol. The largest absolute Gasteiger partial charge is 0.394 e. The van der Waals surface area contributed by atoms with Crippen molar-refractivity contribution in [2.24, 2.45) is 21.3 Å². The maximum Gasteiger partial charge on any atom is 0.248 e. The van der Waals surface area contributed by atoms with Gasteiger partial charge in [0.05, 0.1) is 12.7 Å². The highest BCUT2D eigenvalue weighted by atomic mass is 16.3. The molecule has 0 aromatic rings. The molecule has 0 heterocycles. The summed E-state index contributed by atoms with van der Waals surface area (Å²) in [5.74, 6) is -1.22. The molecular weight excluding hydrogens is 236 g/mol. The molecule has 0 saturated heterocycles. The van der Waals surface area contributed by atoms with E-state index in [0.29, 0.717) is 0 Å². The quantitative estimate of drug-likeness (QED) is 0.424. The van der Waals surface area contributed by atoms with Gasteiger partial charge >= 0.3 is 0 Å². The number of hydrogen-bond donors (Lipinski definition) is 3. The normalized spacial score (nSPS) is 17.5. The summed E-state index contributed by atoms with van der Waals surface area (Å²) < 4.78 is 0. The molecule has 0 bridgehead atoms. The van der Waals surface area contributed by atoms with Crippen LogP contribution in [0.4, 0.5) is 0 Å². The van der Waals surface area contributed by atoms with Crippen molar-refractivity contribution in [3.8, 4) is 0 Å². The summed E-state index contributed by atoms with van der Waals surface area (Å²) in [5.41, 5.74) is 4.78. The van der Waals surface area contributed by atoms with Gasteiger partial charge in [-0.25, -0.2) is 0 Å². The summed E-state index contributed by atoms with van der Waals surface area (Å²) in [6.07, 6.45) is -2.06. The highest BCUT2D eigenvalue weighted by molar-refractivity contribution is 5.81. The van der Waals surface area contributed by atoms with Crippen LogP contribution in [0.15, 0.2) is 15.5 Å². The molecular formula is C7H12N4O6. The van der Waals surface area contributed by atoms with Gasteiger partial charge in [0.2, 0.25) is 5.91 Å². The average Bonchev–Trinajstić information content (AvgIpc) is 2.31. The zero-order valence-corrected chi connectivity index (χ0v) is 8.67. The van der Waals surface area contributed by atoms with E-state index in [4.69, 9.17) is 10.8 Å². The van der Waals surface area contributed by atoms with Gasteiger partial charge in [-0.3, -0.25) is 4.79 Å². The standard InChI is InChI=1S/C7H12N4O6/c8-7(14)6(11-17)5(10-16)4(13)1-3(2-12)9-15/h3-6,12-13H,1-2H2,(H2,8,14)/t3-,4?,5?,6-/m1/s1. The highest BCUT2D eigenvalue weighted by Crippen LogP contribution is 2.14. The number of nitrogens with zero attached hydrogens (tertiary/aromatic N) is 3. The van der Waals surface area contributed by atoms with Crippen molar-refractivity contribution in [1.29, 1.82) is 0 Å². The summed E-state index contributed by atoms with van der Waals surface area (Å²) in [6, 6.07) is -4.70. The van der Waals surface area contributed by atoms with Crippen LogP contribution in [-0.4, -0.2) is 47.0 Å². The van der Waals surface area contributed by atoms with E-state index in [2.05, 4.69) is 15.5 Å². The molecule has 4 atom stereocenters. The van der Waals surface area contributed by atoms with Gasteiger partial charge in [-0.1, -0.05) is 15.5 Å². The van der Waals surface area contributed by atoms with E-state index >= 15 is 0 Å². The summed E-state index contributed by atoms with van der Waals surface area (Å²) in [4.78, 5) is 41.6. The zero-order chi connectivity index (χ0) is 13.4. The van der Waals surface area contributed by atoms with Crippen molar-refractivity contribution in [3.05, 3.63) is 14.7 Å².